The summed E-state index contributed by atoms with van der Waals surface area (Å²) in [6, 6.07) is 19.5. The maximum Gasteiger partial charge on any atom is 0.121 e. The van der Waals surface area contributed by atoms with Crippen LogP contribution in [0.15, 0.2) is 60.7 Å². The third kappa shape index (κ3) is 4.81. The third-order valence-electron chi connectivity index (χ3n) is 3.42. The molecule has 0 saturated heterocycles. The topological polar surface area (TPSA) is 20.2 Å². The fourth-order valence-corrected chi connectivity index (χ4v) is 1.86. The van der Waals surface area contributed by atoms with Crippen molar-refractivity contribution < 1.29 is 5.11 Å². The molecule has 0 bridgehead atoms. The van der Waals surface area contributed by atoms with Crippen molar-refractivity contribution in [3.63, 3.8) is 0 Å². The van der Waals surface area contributed by atoms with Gasteiger partial charge in [0, 0.05) is 23.0 Å². The first-order valence-electron chi connectivity index (χ1n) is 7.36. The minimum Gasteiger partial charge on any atom is -0.380 e. The average molecular weight is 288 g/mol. The van der Waals surface area contributed by atoms with Gasteiger partial charge in [-0.05, 0) is 24.3 Å². The average Bonchev–Trinajstić information content (AvgIpc) is 2.54. The molecule has 2 aromatic carbocycles. The first-order valence-corrected chi connectivity index (χ1v) is 7.36. The molecule has 1 unspecified atom stereocenters. The minimum atomic E-state index is -0.710. The Morgan fingerprint density at radius 3 is 1.91 bits per heavy atom. The Hall–Kier alpha value is -2.48. The summed E-state index contributed by atoms with van der Waals surface area (Å²) in [4.78, 5) is 0. The van der Waals surface area contributed by atoms with Gasteiger partial charge in [0.05, 0.1) is 0 Å². The van der Waals surface area contributed by atoms with Gasteiger partial charge >= 0.3 is 0 Å². The van der Waals surface area contributed by atoms with Crippen molar-refractivity contribution in [3.8, 4) is 23.7 Å². The van der Waals surface area contributed by atoms with Crippen molar-refractivity contribution in [1.82, 2.24) is 0 Å². The van der Waals surface area contributed by atoms with Gasteiger partial charge in [-0.2, -0.15) is 0 Å². The fraction of sp³-hybridized carbons (Fsp3) is 0.238. The van der Waals surface area contributed by atoms with Crippen LogP contribution in [-0.4, -0.2) is 11.2 Å². The number of benzene rings is 2. The highest BCUT2D eigenvalue weighted by Crippen LogP contribution is 2.24. The van der Waals surface area contributed by atoms with Crippen LogP contribution in [0.3, 0.4) is 0 Å². The highest BCUT2D eigenvalue weighted by molar-refractivity contribution is 5.36. The molecule has 0 heterocycles. The highest BCUT2D eigenvalue weighted by atomic mass is 16.3. The Balaban J connectivity index is 2.01. The first-order chi connectivity index (χ1) is 10.6. The molecule has 1 N–H and O–H groups in total. The van der Waals surface area contributed by atoms with Crippen LogP contribution < -0.4 is 0 Å². The van der Waals surface area contributed by atoms with E-state index in [9.17, 15) is 5.11 Å². The molecular formula is C21H20O. The molecule has 0 aliphatic carbocycles. The van der Waals surface area contributed by atoms with Crippen LogP contribution in [0.1, 0.15) is 31.4 Å². The van der Waals surface area contributed by atoms with Crippen LogP contribution in [-0.2, 0) is 0 Å². The molecule has 0 radical (unpaired) electrons. The summed E-state index contributed by atoms with van der Waals surface area (Å²) in [7, 11) is 0. The van der Waals surface area contributed by atoms with E-state index in [0.717, 1.165) is 11.1 Å². The lowest BCUT2D eigenvalue weighted by Gasteiger charge is -2.24. The Bertz CT molecular complexity index is 706. The van der Waals surface area contributed by atoms with E-state index in [1.807, 2.05) is 74.5 Å². The van der Waals surface area contributed by atoms with Crippen LogP contribution in [0.25, 0.3) is 0 Å². The second-order valence-electron chi connectivity index (χ2n) is 5.87. The lowest BCUT2D eigenvalue weighted by molar-refractivity contribution is 0.103. The lowest BCUT2D eigenvalue weighted by atomic mass is 9.83. The molecule has 0 aliphatic rings. The van der Waals surface area contributed by atoms with E-state index in [1.54, 1.807) is 0 Å². The summed E-state index contributed by atoms with van der Waals surface area (Å²) >= 11 is 0. The summed E-state index contributed by atoms with van der Waals surface area (Å²) in [5.74, 6) is 12.2. The number of hydrogen-bond acceptors (Lipinski definition) is 1. The van der Waals surface area contributed by atoms with Gasteiger partial charge in [0.1, 0.15) is 6.10 Å². The minimum absolute atomic E-state index is 0.371. The molecule has 1 heteroatoms. The standard InChI is InChI=1S/C21H20O/c1-21(2,17-9-14-18-10-5-3-6-11-18)20(22)16-15-19-12-7-4-8-13-19/h3-8,10-13,20,22H,17H2,1-2H3. The van der Waals surface area contributed by atoms with E-state index < -0.39 is 6.10 Å². The quantitative estimate of drug-likeness (QED) is 0.832. The summed E-state index contributed by atoms with van der Waals surface area (Å²) in [5.41, 5.74) is 1.53. The van der Waals surface area contributed by atoms with Gasteiger partial charge in [0.15, 0.2) is 0 Å². The number of aliphatic hydroxyl groups excluding tert-OH is 1. The summed E-state index contributed by atoms with van der Waals surface area (Å²) in [6.07, 6.45) is -0.121. The van der Waals surface area contributed by atoms with Gasteiger partial charge in [-0.1, -0.05) is 73.9 Å². The van der Waals surface area contributed by atoms with Gasteiger partial charge in [-0.25, -0.2) is 0 Å². The number of rotatable bonds is 2. The van der Waals surface area contributed by atoms with Gasteiger partial charge in [0.25, 0.3) is 0 Å². The zero-order valence-corrected chi connectivity index (χ0v) is 13.0. The van der Waals surface area contributed by atoms with Crippen molar-refractivity contribution in [1.29, 1.82) is 0 Å². The summed E-state index contributed by atoms with van der Waals surface area (Å²) in [5, 5.41) is 10.3. The Kier molecular flexibility index (Phi) is 5.42. The van der Waals surface area contributed by atoms with Crippen molar-refractivity contribution in [2.75, 3.05) is 0 Å². The molecule has 0 aliphatic heterocycles. The molecule has 0 fully saturated rings. The van der Waals surface area contributed by atoms with Crippen LogP contribution in [0, 0.1) is 29.1 Å². The predicted octanol–water partition coefficient (Wildman–Crippen LogP) is 3.87. The molecule has 1 nitrogen and oxygen atoms in total. The third-order valence-corrected chi connectivity index (χ3v) is 3.42. The molecule has 0 saturated carbocycles. The molecule has 0 aromatic heterocycles. The molecule has 110 valence electrons. The first kappa shape index (κ1) is 15.9. The highest BCUT2D eigenvalue weighted by Gasteiger charge is 2.25. The van der Waals surface area contributed by atoms with Crippen molar-refractivity contribution in [2.24, 2.45) is 5.41 Å². The van der Waals surface area contributed by atoms with Crippen molar-refractivity contribution >= 4 is 0 Å². The van der Waals surface area contributed by atoms with Crippen molar-refractivity contribution in [3.05, 3.63) is 71.8 Å². The summed E-state index contributed by atoms with van der Waals surface area (Å²) in [6.45, 7) is 3.97. The fourth-order valence-electron chi connectivity index (χ4n) is 1.86. The van der Waals surface area contributed by atoms with Crippen molar-refractivity contribution in [2.45, 2.75) is 26.4 Å². The van der Waals surface area contributed by atoms with Crippen LogP contribution in [0.5, 0.6) is 0 Å². The normalized spacial score (nSPS) is 11.6. The van der Waals surface area contributed by atoms with Gasteiger partial charge in [-0.15, -0.1) is 0 Å². The van der Waals surface area contributed by atoms with Crippen LogP contribution in [0.4, 0.5) is 0 Å². The predicted molar refractivity (Wildman–Crippen MR) is 91.0 cm³/mol. The van der Waals surface area contributed by atoms with Crippen LogP contribution >= 0.6 is 0 Å². The smallest absolute Gasteiger partial charge is 0.121 e. The lowest BCUT2D eigenvalue weighted by Crippen LogP contribution is -2.27. The molecular weight excluding hydrogens is 268 g/mol. The molecule has 22 heavy (non-hydrogen) atoms. The van der Waals surface area contributed by atoms with Crippen LogP contribution in [0.2, 0.25) is 0 Å². The molecule has 2 rings (SSSR count). The Morgan fingerprint density at radius 1 is 0.864 bits per heavy atom. The van der Waals surface area contributed by atoms with Gasteiger partial charge in [0.2, 0.25) is 0 Å². The number of hydrogen-bond donors (Lipinski definition) is 1. The SMILES string of the molecule is CC(C)(CC#Cc1ccccc1)C(O)C#Cc1ccccc1. The Labute approximate surface area is 133 Å². The van der Waals surface area contributed by atoms with Gasteiger partial charge in [-0.3, -0.25) is 0 Å². The number of aliphatic hydroxyl groups is 1. The molecule has 2 aromatic rings. The molecule has 0 spiro atoms. The summed E-state index contributed by atoms with van der Waals surface area (Å²) < 4.78 is 0. The Morgan fingerprint density at radius 2 is 1.36 bits per heavy atom. The van der Waals surface area contributed by atoms with E-state index >= 15 is 0 Å². The second kappa shape index (κ2) is 7.51. The maximum absolute atomic E-state index is 10.3. The maximum atomic E-state index is 10.3. The second-order valence-corrected chi connectivity index (χ2v) is 5.87. The zero-order chi connectivity index (χ0) is 15.8. The monoisotopic (exact) mass is 288 g/mol. The van der Waals surface area contributed by atoms with E-state index in [-0.39, 0.29) is 5.41 Å². The largest absolute Gasteiger partial charge is 0.380 e. The van der Waals surface area contributed by atoms with E-state index in [0.29, 0.717) is 6.42 Å². The van der Waals surface area contributed by atoms with E-state index in [4.69, 9.17) is 0 Å². The molecule has 1 atom stereocenters. The zero-order valence-electron chi connectivity index (χ0n) is 13.0. The van der Waals surface area contributed by atoms with E-state index in [2.05, 4.69) is 23.7 Å². The van der Waals surface area contributed by atoms with E-state index in [1.165, 1.54) is 0 Å². The van der Waals surface area contributed by atoms with Gasteiger partial charge < -0.3 is 5.11 Å². The molecule has 0 amide bonds.